The van der Waals surface area contributed by atoms with Crippen LogP contribution in [0.3, 0.4) is 0 Å². The van der Waals surface area contributed by atoms with Gasteiger partial charge in [0.1, 0.15) is 4.70 Å². The van der Waals surface area contributed by atoms with Gasteiger partial charge in [0.05, 0.1) is 12.1 Å². The van der Waals surface area contributed by atoms with Gasteiger partial charge in [0.15, 0.2) is 0 Å². The minimum atomic E-state index is -0.714. The first-order valence-corrected chi connectivity index (χ1v) is 6.02. The van der Waals surface area contributed by atoms with Crippen molar-refractivity contribution < 1.29 is 4.42 Å². The van der Waals surface area contributed by atoms with Crippen molar-refractivity contribution in [3.8, 4) is 12.3 Å². The lowest BCUT2D eigenvalue weighted by Gasteiger charge is -2.01. The van der Waals surface area contributed by atoms with Crippen molar-refractivity contribution in [1.29, 1.82) is 0 Å². The summed E-state index contributed by atoms with van der Waals surface area (Å²) in [6.07, 6.45) is 5.25. The maximum atomic E-state index is 11.7. The molecule has 0 saturated carbocycles. The van der Waals surface area contributed by atoms with Gasteiger partial charge >= 0.3 is 11.4 Å². The fourth-order valence-electron chi connectivity index (χ4n) is 1.95. The number of thiophene rings is 1. The Labute approximate surface area is 105 Å². The topological polar surface area (TPSA) is 52.2 Å². The zero-order valence-corrected chi connectivity index (χ0v) is 9.99. The van der Waals surface area contributed by atoms with Gasteiger partial charge in [-0.15, -0.1) is 17.8 Å². The number of hydrogen-bond acceptors (Lipinski definition) is 4. The molecule has 0 spiro atoms. The van der Waals surface area contributed by atoms with Crippen LogP contribution < -0.4 is 11.4 Å². The van der Waals surface area contributed by atoms with Gasteiger partial charge in [-0.2, -0.15) is 0 Å². The van der Waals surface area contributed by atoms with Crippen LogP contribution in [0.1, 0.15) is 0 Å². The average Bonchev–Trinajstić information content (AvgIpc) is 2.74. The lowest BCUT2D eigenvalue weighted by Crippen LogP contribution is -2.23. The molecule has 0 bridgehead atoms. The normalized spacial score (nSPS) is 10.8. The molecule has 5 heteroatoms. The maximum absolute atomic E-state index is 11.7. The molecule has 3 aromatic rings. The molecule has 0 fully saturated rings. The molecule has 88 valence electrons. The van der Waals surface area contributed by atoms with E-state index in [1.807, 2.05) is 24.3 Å². The van der Waals surface area contributed by atoms with Gasteiger partial charge in [0.25, 0.3) is 0 Å². The van der Waals surface area contributed by atoms with Crippen molar-refractivity contribution in [2.45, 2.75) is 6.54 Å². The lowest BCUT2D eigenvalue weighted by molar-refractivity contribution is 0.429. The Kier molecular flexibility index (Phi) is 2.32. The average molecular weight is 257 g/mol. The lowest BCUT2D eigenvalue weighted by atomic mass is 10.2. The predicted molar refractivity (Wildman–Crippen MR) is 71.0 cm³/mol. The Balaban J connectivity index is 2.65. The number of rotatable bonds is 1. The quantitative estimate of drug-likeness (QED) is 0.625. The monoisotopic (exact) mass is 257 g/mol. The van der Waals surface area contributed by atoms with Crippen molar-refractivity contribution in [3.63, 3.8) is 0 Å². The third-order valence-corrected chi connectivity index (χ3v) is 3.81. The molecule has 2 heterocycles. The van der Waals surface area contributed by atoms with Crippen molar-refractivity contribution in [3.05, 3.63) is 45.2 Å². The third kappa shape index (κ3) is 1.40. The van der Waals surface area contributed by atoms with E-state index < -0.39 is 11.4 Å². The number of nitrogens with zero attached hydrogens (tertiary/aromatic N) is 1. The molecule has 0 atom stereocenters. The molecule has 0 unspecified atom stereocenters. The molecule has 18 heavy (non-hydrogen) atoms. The van der Waals surface area contributed by atoms with Gasteiger partial charge in [0.2, 0.25) is 0 Å². The van der Waals surface area contributed by atoms with E-state index in [2.05, 4.69) is 10.3 Å². The third-order valence-electron chi connectivity index (χ3n) is 2.67. The molecule has 0 aliphatic carbocycles. The Morgan fingerprint density at radius 1 is 1.33 bits per heavy atom. The van der Waals surface area contributed by atoms with Gasteiger partial charge in [-0.05, 0) is 6.07 Å². The second-order valence-corrected chi connectivity index (χ2v) is 4.77. The van der Waals surface area contributed by atoms with Crippen LogP contribution in [0.2, 0.25) is 0 Å². The molecular weight excluding hydrogens is 250 g/mol. The van der Waals surface area contributed by atoms with E-state index in [9.17, 15) is 9.59 Å². The Bertz CT molecular complexity index is 908. The fraction of sp³-hybridized carbons (Fsp3) is 0.0769. The van der Waals surface area contributed by atoms with Crippen LogP contribution in [-0.4, -0.2) is 4.57 Å². The van der Waals surface area contributed by atoms with Crippen molar-refractivity contribution in [2.75, 3.05) is 0 Å². The number of terminal acetylenes is 1. The summed E-state index contributed by atoms with van der Waals surface area (Å²) in [6.45, 7) is 0.0832. The number of hydrogen-bond donors (Lipinski definition) is 0. The summed E-state index contributed by atoms with van der Waals surface area (Å²) in [7, 11) is 0. The van der Waals surface area contributed by atoms with E-state index in [1.165, 1.54) is 15.9 Å². The Morgan fingerprint density at radius 3 is 2.89 bits per heavy atom. The largest absolute Gasteiger partial charge is 0.423 e. The van der Waals surface area contributed by atoms with E-state index in [1.54, 1.807) is 0 Å². The van der Waals surface area contributed by atoms with E-state index in [0.717, 1.165) is 10.1 Å². The SMILES string of the molecule is C#CCn1c(=O)oc(=O)c2sc3ccccc3c21. The van der Waals surface area contributed by atoms with Crippen LogP contribution >= 0.6 is 11.3 Å². The van der Waals surface area contributed by atoms with Crippen LogP contribution in [0.4, 0.5) is 0 Å². The van der Waals surface area contributed by atoms with Gasteiger partial charge in [0, 0.05) is 10.1 Å². The molecule has 0 aliphatic heterocycles. The highest BCUT2D eigenvalue weighted by Gasteiger charge is 2.14. The van der Waals surface area contributed by atoms with E-state index in [4.69, 9.17) is 6.42 Å². The molecule has 0 radical (unpaired) electrons. The van der Waals surface area contributed by atoms with Crippen molar-refractivity contribution in [1.82, 2.24) is 4.57 Å². The first-order valence-electron chi connectivity index (χ1n) is 5.21. The van der Waals surface area contributed by atoms with E-state index in [-0.39, 0.29) is 6.54 Å². The zero-order chi connectivity index (χ0) is 12.7. The second kappa shape index (κ2) is 3.86. The molecule has 0 amide bonds. The summed E-state index contributed by atoms with van der Waals surface area (Å²) >= 11 is 1.30. The fourth-order valence-corrected chi connectivity index (χ4v) is 3.03. The van der Waals surface area contributed by atoms with Gasteiger partial charge < -0.3 is 4.42 Å². The van der Waals surface area contributed by atoms with Gasteiger partial charge in [-0.25, -0.2) is 9.59 Å². The van der Waals surface area contributed by atoms with Crippen LogP contribution in [0.25, 0.3) is 20.3 Å². The van der Waals surface area contributed by atoms with Crippen LogP contribution in [-0.2, 0) is 6.54 Å². The molecule has 2 aromatic heterocycles. The van der Waals surface area contributed by atoms with Gasteiger partial charge in [-0.3, -0.25) is 4.57 Å². The molecule has 0 aliphatic rings. The highest BCUT2D eigenvalue weighted by molar-refractivity contribution is 7.25. The summed E-state index contributed by atoms with van der Waals surface area (Å²) in [5.41, 5.74) is -0.0423. The molecule has 0 saturated heterocycles. The van der Waals surface area contributed by atoms with E-state index >= 15 is 0 Å². The highest BCUT2D eigenvalue weighted by atomic mass is 32.1. The zero-order valence-electron chi connectivity index (χ0n) is 9.17. The van der Waals surface area contributed by atoms with Crippen molar-refractivity contribution >= 4 is 31.6 Å². The van der Waals surface area contributed by atoms with Gasteiger partial charge in [-0.1, -0.05) is 24.1 Å². The molecular formula is C13H7NO3S. The molecule has 0 N–H and O–H groups in total. The Hall–Kier alpha value is -2.32. The van der Waals surface area contributed by atoms with E-state index in [0.29, 0.717) is 10.2 Å². The summed E-state index contributed by atoms with van der Waals surface area (Å²) in [5.74, 6) is 1.68. The number of fused-ring (bicyclic) bond motifs is 3. The molecule has 3 rings (SSSR count). The summed E-state index contributed by atoms with van der Waals surface area (Å²) < 4.78 is 7.33. The van der Waals surface area contributed by atoms with Crippen LogP contribution in [0.15, 0.2) is 38.3 Å². The Morgan fingerprint density at radius 2 is 2.11 bits per heavy atom. The van der Waals surface area contributed by atoms with Crippen LogP contribution in [0, 0.1) is 12.3 Å². The smallest absolute Gasteiger partial charge is 0.371 e. The number of aromatic nitrogens is 1. The summed E-state index contributed by atoms with van der Waals surface area (Å²) in [4.78, 5) is 23.4. The first kappa shape index (κ1) is 10.8. The van der Waals surface area contributed by atoms with Crippen molar-refractivity contribution in [2.24, 2.45) is 0 Å². The standard InChI is InChI=1S/C13H7NO3S/c1-2-7-14-10-8-5-3-4-6-9(8)18-11(10)12(15)17-13(14)16/h1,3-6H,7H2. The minimum absolute atomic E-state index is 0.0832. The maximum Gasteiger partial charge on any atom is 0.423 e. The predicted octanol–water partition coefficient (Wildman–Crippen LogP) is 1.80. The molecule has 1 aromatic carbocycles. The van der Waals surface area contributed by atoms with Crippen LogP contribution in [0.5, 0.6) is 0 Å². The number of benzene rings is 1. The molecule has 4 nitrogen and oxygen atoms in total. The summed E-state index contributed by atoms with van der Waals surface area (Å²) in [6, 6.07) is 7.49. The first-order chi connectivity index (χ1) is 8.72. The highest BCUT2D eigenvalue weighted by Crippen LogP contribution is 2.30. The summed E-state index contributed by atoms with van der Waals surface area (Å²) in [5, 5.41) is 0.845. The second-order valence-electron chi connectivity index (χ2n) is 3.72. The minimum Gasteiger partial charge on any atom is -0.371 e.